The normalized spacial score (nSPS) is 30.1. The average Bonchev–Trinajstić information content (AvgIpc) is 2.10. The highest BCUT2D eigenvalue weighted by atomic mass is 79.9. The minimum absolute atomic E-state index is 0.146. The first-order valence-electron chi connectivity index (χ1n) is 4.56. The zero-order valence-corrected chi connectivity index (χ0v) is 9.39. The summed E-state index contributed by atoms with van der Waals surface area (Å²) in [6, 6.07) is 2.22. The van der Waals surface area contributed by atoms with Crippen LogP contribution < -0.4 is 5.73 Å². The second-order valence-electron chi connectivity index (χ2n) is 3.92. The molecule has 0 aliphatic heterocycles. The van der Waals surface area contributed by atoms with Crippen LogP contribution in [0, 0.1) is 11.6 Å². The highest BCUT2D eigenvalue weighted by Crippen LogP contribution is 2.43. The SMILES string of the molecule is NC1CC(O)(c2c(F)ccc(Br)c2F)C1. The zero-order chi connectivity index (χ0) is 11.2. The van der Waals surface area contributed by atoms with Crippen molar-refractivity contribution in [3.8, 4) is 0 Å². The molecule has 2 rings (SSSR count). The monoisotopic (exact) mass is 277 g/mol. The Hall–Kier alpha value is -0.520. The van der Waals surface area contributed by atoms with Gasteiger partial charge in [0.05, 0.1) is 15.6 Å². The molecule has 0 radical (unpaired) electrons. The highest BCUT2D eigenvalue weighted by Gasteiger charge is 2.46. The molecule has 5 heteroatoms. The van der Waals surface area contributed by atoms with E-state index in [2.05, 4.69) is 15.9 Å². The number of aliphatic hydroxyl groups is 1. The molecule has 1 aromatic rings. The molecular formula is C10H10BrF2NO. The summed E-state index contributed by atoms with van der Waals surface area (Å²) in [5.74, 6) is -1.48. The van der Waals surface area contributed by atoms with Gasteiger partial charge in [0, 0.05) is 6.04 Å². The van der Waals surface area contributed by atoms with E-state index < -0.39 is 17.2 Å². The second-order valence-corrected chi connectivity index (χ2v) is 4.77. The van der Waals surface area contributed by atoms with Gasteiger partial charge in [-0.05, 0) is 40.9 Å². The van der Waals surface area contributed by atoms with Crippen LogP contribution in [0.5, 0.6) is 0 Å². The summed E-state index contributed by atoms with van der Waals surface area (Å²) < 4.78 is 27.2. The largest absolute Gasteiger partial charge is 0.385 e. The van der Waals surface area contributed by atoms with Gasteiger partial charge < -0.3 is 10.8 Å². The van der Waals surface area contributed by atoms with E-state index in [1.54, 1.807) is 0 Å². The van der Waals surface area contributed by atoms with Crippen molar-refractivity contribution in [1.29, 1.82) is 0 Å². The lowest BCUT2D eigenvalue weighted by molar-refractivity contribution is -0.0578. The zero-order valence-electron chi connectivity index (χ0n) is 7.80. The third-order valence-electron chi connectivity index (χ3n) is 2.71. The molecule has 0 heterocycles. The van der Waals surface area contributed by atoms with E-state index in [4.69, 9.17) is 5.73 Å². The van der Waals surface area contributed by atoms with Gasteiger partial charge in [0.25, 0.3) is 0 Å². The van der Waals surface area contributed by atoms with Gasteiger partial charge in [0.1, 0.15) is 11.6 Å². The van der Waals surface area contributed by atoms with Crippen molar-refractivity contribution in [2.45, 2.75) is 24.5 Å². The summed E-state index contributed by atoms with van der Waals surface area (Å²) in [6.45, 7) is 0. The maximum atomic E-state index is 13.6. The Morgan fingerprint density at radius 3 is 2.53 bits per heavy atom. The van der Waals surface area contributed by atoms with Crippen LogP contribution >= 0.6 is 15.9 Å². The van der Waals surface area contributed by atoms with Gasteiger partial charge in [0.15, 0.2) is 0 Å². The lowest BCUT2D eigenvalue weighted by Gasteiger charge is -2.42. The Bertz CT molecular complexity index is 405. The topological polar surface area (TPSA) is 46.2 Å². The molecule has 1 fully saturated rings. The van der Waals surface area contributed by atoms with Gasteiger partial charge >= 0.3 is 0 Å². The van der Waals surface area contributed by atoms with Crippen LogP contribution in [-0.2, 0) is 5.60 Å². The quantitative estimate of drug-likeness (QED) is 0.772. The maximum absolute atomic E-state index is 13.6. The van der Waals surface area contributed by atoms with E-state index in [9.17, 15) is 13.9 Å². The van der Waals surface area contributed by atoms with Gasteiger partial charge in [-0.3, -0.25) is 0 Å². The fourth-order valence-corrected chi connectivity index (χ4v) is 2.30. The van der Waals surface area contributed by atoms with Crippen LogP contribution in [-0.4, -0.2) is 11.1 Å². The van der Waals surface area contributed by atoms with Crippen molar-refractivity contribution >= 4 is 15.9 Å². The first-order valence-corrected chi connectivity index (χ1v) is 5.35. The third-order valence-corrected chi connectivity index (χ3v) is 3.32. The van der Waals surface area contributed by atoms with E-state index in [1.807, 2.05) is 0 Å². The first kappa shape index (κ1) is 11.0. The molecule has 0 saturated heterocycles. The van der Waals surface area contributed by atoms with Crippen LogP contribution in [0.4, 0.5) is 8.78 Å². The molecule has 1 aliphatic carbocycles. The van der Waals surface area contributed by atoms with E-state index in [0.717, 1.165) is 6.07 Å². The first-order chi connectivity index (χ1) is 6.94. The molecule has 0 atom stereocenters. The molecule has 15 heavy (non-hydrogen) atoms. The number of nitrogens with two attached hydrogens (primary N) is 1. The molecule has 0 spiro atoms. The number of halogens is 3. The van der Waals surface area contributed by atoms with Crippen LogP contribution in [0.25, 0.3) is 0 Å². The summed E-state index contributed by atoms with van der Waals surface area (Å²) in [5, 5.41) is 9.96. The fourth-order valence-electron chi connectivity index (χ4n) is 1.97. The molecule has 0 amide bonds. The lowest BCUT2D eigenvalue weighted by Crippen LogP contribution is -2.50. The van der Waals surface area contributed by atoms with Crippen LogP contribution in [0.3, 0.4) is 0 Å². The Balaban J connectivity index is 2.48. The second kappa shape index (κ2) is 3.50. The standard InChI is InChI=1S/C10H10BrF2NO/c11-6-1-2-7(12)8(9(6)13)10(15)3-5(14)4-10/h1-2,5,15H,3-4,14H2. The summed E-state index contributed by atoms with van der Waals surface area (Å²) in [6.07, 6.45) is 0.384. The maximum Gasteiger partial charge on any atom is 0.146 e. The molecule has 1 aliphatic rings. The van der Waals surface area contributed by atoms with Crippen molar-refractivity contribution in [2.75, 3.05) is 0 Å². The van der Waals surface area contributed by atoms with Gasteiger partial charge in [-0.25, -0.2) is 8.78 Å². The number of hydrogen-bond donors (Lipinski definition) is 2. The predicted octanol–water partition coefficient (Wildman–Crippen LogP) is 2.04. The third kappa shape index (κ3) is 1.68. The molecule has 0 aromatic heterocycles. The Morgan fingerprint density at radius 1 is 1.40 bits per heavy atom. The van der Waals surface area contributed by atoms with Crippen LogP contribution in [0.1, 0.15) is 18.4 Å². The molecule has 2 nitrogen and oxygen atoms in total. The molecule has 82 valence electrons. The van der Waals surface area contributed by atoms with Gasteiger partial charge in [-0.15, -0.1) is 0 Å². The van der Waals surface area contributed by atoms with Crippen LogP contribution in [0.15, 0.2) is 16.6 Å². The van der Waals surface area contributed by atoms with Crippen molar-refractivity contribution < 1.29 is 13.9 Å². The summed E-state index contributed by atoms with van der Waals surface area (Å²) >= 11 is 2.96. The van der Waals surface area contributed by atoms with E-state index in [-0.39, 0.29) is 28.9 Å². The Kier molecular flexibility index (Phi) is 2.56. The van der Waals surface area contributed by atoms with E-state index in [0.29, 0.717) is 0 Å². The molecule has 0 bridgehead atoms. The lowest BCUT2D eigenvalue weighted by atomic mass is 9.71. The molecular weight excluding hydrogens is 268 g/mol. The molecule has 1 aromatic carbocycles. The van der Waals surface area contributed by atoms with E-state index >= 15 is 0 Å². The molecule has 1 saturated carbocycles. The Morgan fingerprint density at radius 2 is 2.00 bits per heavy atom. The van der Waals surface area contributed by atoms with Crippen molar-refractivity contribution in [2.24, 2.45) is 5.73 Å². The van der Waals surface area contributed by atoms with Crippen molar-refractivity contribution in [1.82, 2.24) is 0 Å². The molecule has 3 N–H and O–H groups in total. The van der Waals surface area contributed by atoms with Gasteiger partial charge in [-0.2, -0.15) is 0 Å². The number of hydrogen-bond acceptors (Lipinski definition) is 2. The summed E-state index contributed by atoms with van der Waals surface area (Å²) in [7, 11) is 0. The minimum Gasteiger partial charge on any atom is -0.385 e. The van der Waals surface area contributed by atoms with Crippen LogP contribution in [0.2, 0.25) is 0 Å². The average molecular weight is 278 g/mol. The van der Waals surface area contributed by atoms with Gasteiger partial charge in [-0.1, -0.05) is 0 Å². The predicted molar refractivity (Wildman–Crippen MR) is 55.2 cm³/mol. The minimum atomic E-state index is -1.45. The van der Waals surface area contributed by atoms with Crippen molar-refractivity contribution in [3.63, 3.8) is 0 Å². The summed E-state index contributed by atoms with van der Waals surface area (Å²) in [5.41, 5.74) is 3.79. The Labute approximate surface area is 94.2 Å². The number of rotatable bonds is 1. The smallest absolute Gasteiger partial charge is 0.146 e. The fraction of sp³-hybridized carbons (Fsp3) is 0.400. The van der Waals surface area contributed by atoms with Gasteiger partial charge in [0.2, 0.25) is 0 Å². The highest BCUT2D eigenvalue weighted by molar-refractivity contribution is 9.10. The number of benzene rings is 1. The van der Waals surface area contributed by atoms with E-state index in [1.165, 1.54) is 6.07 Å². The molecule has 0 unspecified atom stereocenters. The van der Waals surface area contributed by atoms with Crippen molar-refractivity contribution in [3.05, 3.63) is 33.8 Å². The summed E-state index contributed by atoms with van der Waals surface area (Å²) in [4.78, 5) is 0.